The highest BCUT2D eigenvalue weighted by molar-refractivity contribution is 5.93. The fraction of sp³-hybridized carbons (Fsp3) is 0.435. The molecular formula is C23H32N2O3. The van der Waals surface area contributed by atoms with Gasteiger partial charge in [-0.05, 0) is 48.7 Å². The minimum atomic E-state index is -0.00662. The van der Waals surface area contributed by atoms with Crippen molar-refractivity contribution in [1.29, 1.82) is 0 Å². The maximum atomic E-state index is 12.6. The SMILES string of the molecule is CCOc1ccc(CN(CC)CC(=O)Nc2ccccc2C(C)C)cc1OC. The third-order valence-electron chi connectivity index (χ3n) is 4.61. The van der Waals surface area contributed by atoms with Crippen molar-refractivity contribution in [2.24, 2.45) is 0 Å². The molecule has 0 saturated heterocycles. The molecule has 0 spiro atoms. The van der Waals surface area contributed by atoms with Gasteiger partial charge in [0, 0.05) is 12.2 Å². The van der Waals surface area contributed by atoms with Crippen molar-refractivity contribution in [2.45, 2.75) is 40.2 Å². The number of nitrogens with zero attached hydrogens (tertiary/aromatic N) is 1. The number of rotatable bonds is 10. The standard InChI is InChI=1S/C23H32N2O3/c1-6-25(15-18-12-13-21(28-7-2)22(14-18)27-5)16-23(26)24-20-11-9-8-10-19(20)17(3)4/h8-14,17H,6-7,15-16H2,1-5H3,(H,24,26). The zero-order chi connectivity index (χ0) is 20.5. The van der Waals surface area contributed by atoms with Crippen LogP contribution >= 0.6 is 0 Å². The Bertz CT molecular complexity index is 774. The Morgan fingerprint density at radius 2 is 1.86 bits per heavy atom. The number of nitrogens with one attached hydrogen (secondary N) is 1. The molecule has 0 aromatic heterocycles. The predicted octanol–water partition coefficient (Wildman–Crippen LogP) is 4.68. The Morgan fingerprint density at radius 3 is 2.50 bits per heavy atom. The van der Waals surface area contributed by atoms with Gasteiger partial charge in [0.25, 0.3) is 0 Å². The van der Waals surface area contributed by atoms with Gasteiger partial charge in [-0.15, -0.1) is 0 Å². The van der Waals surface area contributed by atoms with Gasteiger partial charge in [0.05, 0.1) is 20.3 Å². The number of para-hydroxylation sites is 1. The molecule has 0 heterocycles. The number of carbonyl (C=O) groups excluding carboxylic acids is 1. The minimum Gasteiger partial charge on any atom is -0.493 e. The molecule has 0 atom stereocenters. The van der Waals surface area contributed by atoms with Crippen molar-refractivity contribution in [2.75, 3.05) is 32.1 Å². The van der Waals surface area contributed by atoms with Crippen molar-refractivity contribution in [3.05, 3.63) is 53.6 Å². The Labute approximate surface area is 168 Å². The van der Waals surface area contributed by atoms with E-state index in [0.29, 0.717) is 31.4 Å². The molecule has 2 aromatic carbocycles. The molecule has 0 radical (unpaired) electrons. The second-order valence-electron chi connectivity index (χ2n) is 7.01. The number of hydrogen-bond donors (Lipinski definition) is 1. The van der Waals surface area contributed by atoms with E-state index in [4.69, 9.17) is 9.47 Å². The monoisotopic (exact) mass is 384 g/mol. The van der Waals surface area contributed by atoms with E-state index in [0.717, 1.165) is 29.1 Å². The van der Waals surface area contributed by atoms with Gasteiger partial charge in [-0.2, -0.15) is 0 Å². The molecule has 1 N–H and O–H groups in total. The lowest BCUT2D eigenvalue weighted by Crippen LogP contribution is -2.33. The first-order valence-electron chi connectivity index (χ1n) is 9.89. The summed E-state index contributed by atoms with van der Waals surface area (Å²) in [4.78, 5) is 14.7. The van der Waals surface area contributed by atoms with Gasteiger partial charge < -0.3 is 14.8 Å². The van der Waals surface area contributed by atoms with Crippen LogP contribution in [-0.4, -0.2) is 37.6 Å². The molecule has 0 unspecified atom stereocenters. The summed E-state index contributed by atoms with van der Waals surface area (Å²) in [6.45, 7) is 10.6. The number of anilines is 1. The van der Waals surface area contributed by atoms with Crippen LogP contribution in [0.5, 0.6) is 11.5 Å². The van der Waals surface area contributed by atoms with Gasteiger partial charge in [-0.25, -0.2) is 0 Å². The Hall–Kier alpha value is -2.53. The smallest absolute Gasteiger partial charge is 0.238 e. The normalized spacial score (nSPS) is 11.0. The molecule has 0 saturated carbocycles. The highest BCUT2D eigenvalue weighted by Crippen LogP contribution is 2.28. The van der Waals surface area contributed by atoms with Crippen molar-refractivity contribution in [3.63, 3.8) is 0 Å². The van der Waals surface area contributed by atoms with Crippen LogP contribution in [0.25, 0.3) is 0 Å². The largest absolute Gasteiger partial charge is 0.493 e. The van der Waals surface area contributed by atoms with Crippen LogP contribution in [0.15, 0.2) is 42.5 Å². The maximum Gasteiger partial charge on any atom is 0.238 e. The molecule has 5 nitrogen and oxygen atoms in total. The number of ether oxygens (including phenoxy) is 2. The summed E-state index contributed by atoms with van der Waals surface area (Å²) in [7, 11) is 1.64. The molecule has 2 rings (SSSR count). The van der Waals surface area contributed by atoms with E-state index < -0.39 is 0 Å². The number of methoxy groups -OCH3 is 1. The summed E-state index contributed by atoms with van der Waals surface area (Å²) in [5, 5.41) is 3.07. The molecule has 152 valence electrons. The van der Waals surface area contributed by atoms with Crippen LogP contribution in [-0.2, 0) is 11.3 Å². The summed E-state index contributed by atoms with van der Waals surface area (Å²) < 4.78 is 11.0. The lowest BCUT2D eigenvalue weighted by atomic mass is 10.0. The van der Waals surface area contributed by atoms with E-state index in [2.05, 4.69) is 37.1 Å². The molecule has 5 heteroatoms. The van der Waals surface area contributed by atoms with Gasteiger partial charge in [0.1, 0.15) is 0 Å². The Balaban J connectivity index is 2.03. The van der Waals surface area contributed by atoms with Gasteiger partial charge >= 0.3 is 0 Å². The summed E-state index contributed by atoms with van der Waals surface area (Å²) in [6, 6.07) is 13.9. The lowest BCUT2D eigenvalue weighted by molar-refractivity contribution is -0.117. The fourth-order valence-corrected chi connectivity index (χ4v) is 3.13. The molecule has 0 aliphatic carbocycles. The molecule has 2 aromatic rings. The number of benzene rings is 2. The quantitative estimate of drug-likeness (QED) is 0.646. The average molecular weight is 385 g/mol. The number of amides is 1. The van der Waals surface area contributed by atoms with E-state index in [1.165, 1.54) is 0 Å². The summed E-state index contributed by atoms with van der Waals surface area (Å²) >= 11 is 0. The number of carbonyl (C=O) groups is 1. The zero-order valence-corrected chi connectivity index (χ0v) is 17.6. The first-order chi connectivity index (χ1) is 13.5. The zero-order valence-electron chi connectivity index (χ0n) is 17.6. The Morgan fingerprint density at radius 1 is 1.11 bits per heavy atom. The molecule has 1 amide bonds. The van der Waals surface area contributed by atoms with E-state index in [9.17, 15) is 4.79 Å². The lowest BCUT2D eigenvalue weighted by Gasteiger charge is -2.21. The minimum absolute atomic E-state index is 0.00662. The Kier molecular flexibility index (Phi) is 8.33. The van der Waals surface area contributed by atoms with Crippen LogP contribution in [0.3, 0.4) is 0 Å². The molecule has 28 heavy (non-hydrogen) atoms. The van der Waals surface area contributed by atoms with Crippen LogP contribution in [0, 0.1) is 0 Å². The van der Waals surface area contributed by atoms with Gasteiger partial charge in [-0.1, -0.05) is 45.0 Å². The van der Waals surface area contributed by atoms with Crippen molar-refractivity contribution >= 4 is 11.6 Å². The van der Waals surface area contributed by atoms with E-state index in [-0.39, 0.29) is 5.91 Å². The third kappa shape index (κ3) is 5.99. The second kappa shape index (κ2) is 10.7. The third-order valence-corrected chi connectivity index (χ3v) is 4.61. The van der Waals surface area contributed by atoms with Crippen LogP contribution in [0.2, 0.25) is 0 Å². The van der Waals surface area contributed by atoms with Crippen molar-refractivity contribution in [1.82, 2.24) is 4.90 Å². The van der Waals surface area contributed by atoms with Crippen LogP contribution in [0.4, 0.5) is 5.69 Å². The van der Waals surface area contributed by atoms with E-state index in [1.807, 2.05) is 43.3 Å². The predicted molar refractivity (Wildman–Crippen MR) is 114 cm³/mol. The highest BCUT2D eigenvalue weighted by atomic mass is 16.5. The average Bonchev–Trinajstić information content (AvgIpc) is 2.68. The first-order valence-corrected chi connectivity index (χ1v) is 9.89. The number of hydrogen-bond acceptors (Lipinski definition) is 4. The maximum absolute atomic E-state index is 12.6. The van der Waals surface area contributed by atoms with Gasteiger partial charge in [0.2, 0.25) is 5.91 Å². The van der Waals surface area contributed by atoms with Crippen LogP contribution < -0.4 is 14.8 Å². The van der Waals surface area contributed by atoms with Crippen molar-refractivity contribution in [3.8, 4) is 11.5 Å². The highest BCUT2D eigenvalue weighted by Gasteiger charge is 2.14. The molecule has 0 aliphatic rings. The van der Waals surface area contributed by atoms with E-state index in [1.54, 1.807) is 7.11 Å². The van der Waals surface area contributed by atoms with Crippen LogP contribution in [0.1, 0.15) is 44.7 Å². The molecule has 0 aliphatic heterocycles. The van der Waals surface area contributed by atoms with Gasteiger partial charge in [0.15, 0.2) is 11.5 Å². The molecule has 0 fully saturated rings. The van der Waals surface area contributed by atoms with E-state index >= 15 is 0 Å². The fourth-order valence-electron chi connectivity index (χ4n) is 3.13. The molecule has 0 bridgehead atoms. The van der Waals surface area contributed by atoms with Crippen molar-refractivity contribution < 1.29 is 14.3 Å². The molecular weight excluding hydrogens is 352 g/mol. The number of likely N-dealkylation sites (N-methyl/N-ethyl adjacent to an activating group) is 1. The summed E-state index contributed by atoms with van der Waals surface area (Å²) in [5.74, 6) is 1.80. The second-order valence-corrected chi connectivity index (χ2v) is 7.01. The first kappa shape index (κ1) is 21.8. The topological polar surface area (TPSA) is 50.8 Å². The summed E-state index contributed by atoms with van der Waals surface area (Å²) in [6.07, 6.45) is 0. The van der Waals surface area contributed by atoms with Gasteiger partial charge in [-0.3, -0.25) is 9.69 Å². The summed E-state index contributed by atoms with van der Waals surface area (Å²) in [5.41, 5.74) is 3.12.